The summed E-state index contributed by atoms with van der Waals surface area (Å²) < 4.78 is 0. The third-order valence-electron chi connectivity index (χ3n) is 0.175. The highest BCUT2D eigenvalue weighted by Gasteiger charge is 1.81. The van der Waals surface area contributed by atoms with Crippen molar-refractivity contribution in [1.29, 1.82) is 0 Å². The summed E-state index contributed by atoms with van der Waals surface area (Å²) in [7, 11) is 0. The van der Waals surface area contributed by atoms with Crippen molar-refractivity contribution in [3.8, 4) is 0 Å². The lowest BCUT2D eigenvalue weighted by molar-refractivity contribution is 0.222. The lowest BCUT2D eigenvalue weighted by atomic mass is 11.5. The van der Waals surface area contributed by atoms with Crippen molar-refractivity contribution in [3.63, 3.8) is 0 Å². The fraction of sp³-hybridized carbons (Fsp3) is 0.333. The van der Waals surface area contributed by atoms with Gasteiger partial charge in [0.25, 0.3) is 0 Å². The molecule has 6 heteroatoms. The van der Waals surface area contributed by atoms with E-state index >= 15 is 0 Å². The fourth-order valence-corrected chi connectivity index (χ4v) is 0. The molecule has 0 heterocycles. The van der Waals surface area contributed by atoms with Gasteiger partial charge in [0.05, 0.1) is 0 Å². The summed E-state index contributed by atoms with van der Waals surface area (Å²) in [6.07, 6.45) is 1.52. The van der Waals surface area contributed by atoms with Crippen LogP contribution in [0.5, 0.6) is 0 Å². The Bertz CT molecular complexity index is 98.0. The molecule has 0 aromatic carbocycles. The minimum atomic E-state index is -1.000. The van der Waals surface area contributed by atoms with Crippen molar-refractivity contribution < 1.29 is 20.1 Å². The smallest absolute Gasteiger partial charge is 0.364 e. The van der Waals surface area contributed by atoms with Crippen molar-refractivity contribution in [2.24, 2.45) is 0 Å². The van der Waals surface area contributed by atoms with Gasteiger partial charge in [0, 0.05) is 12.2 Å². The quantitative estimate of drug-likeness (QED) is 0.477. The molecule has 4 nitrogen and oxygen atoms in total. The van der Waals surface area contributed by atoms with E-state index in [1.165, 1.54) is 6.26 Å². The van der Waals surface area contributed by atoms with Crippen molar-refractivity contribution in [1.82, 2.24) is 0 Å². The highest BCUT2D eigenvalue weighted by molar-refractivity contribution is 8.12. The molecular weight excluding hydrogens is 164 g/mol. The Labute approximate surface area is 61.5 Å². The number of hydrogen-bond acceptors (Lipinski definition) is 3. The maximum atomic E-state index is 9.33. The number of thioether (sulfide) groups is 1. The Kier molecular flexibility index (Phi) is 9.45. The van der Waals surface area contributed by atoms with Gasteiger partial charge in [-0.15, -0.1) is 0 Å². The number of rotatable bonds is 0. The molecule has 0 aromatic rings. The number of aliphatic hydroxyl groups is 2. The largest absolute Gasteiger partial charge is 0.473 e. The molecule has 0 atom stereocenters. The zero-order valence-corrected chi connectivity index (χ0v) is 6.20. The van der Waals surface area contributed by atoms with Crippen molar-refractivity contribution in [2.75, 3.05) is 6.26 Å². The van der Waals surface area contributed by atoms with E-state index in [0.717, 1.165) is 11.8 Å². The molecule has 0 aliphatic rings. The molecule has 0 spiro atoms. The highest BCUT2D eigenvalue weighted by atomic mass is 32.2. The predicted molar refractivity (Wildman–Crippen MR) is 39.4 cm³/mol. The normalized spacial score (nSPS) is 6.78. The summed E-state index contributed by atoms with van der Waals surface area (Å²) >= 11 is 4.44. The Hall–Kier alpha value is -0.490. The standard InChI is InChI=1S/C2H4O2S.CH2O2S/c1-5-2(3)4;2-1(3)4/h1H3,(H,3,4);(H2,2,3,4). The SMILES string of the molecule is CSC(=O)O.OC(O)=S. The average Bonchev–Trinajstić information content (AvgIpc) is 1.65. The first kappa shape index (κ1) is 11.3. The van der Waals surface area contributed by atoms with Gasteiger partial charge in [-0.05, 0) is 18.0 Å². The molecule has 0 aliphatic heterocycles. The molecule has 3 N–H and O–H groups in total. The third-order valence-corrected chi connectivity index (χ3v) is 0.524. The molecule has 0 amide bonds. The number of carboxylic acid groups (broad SMARTS) is 1. The summed E-state index contributed by atoms with van der Waals surface area (Å²) in [6, 6.07) is 0. The zero-order valence-electron chi connectivity index (χ0n) is 4.57. The van der Waals surface area contributed by atoms with Crippen LogP contribution in [0.4, 0.5) is 4.79 Å². The molecule has 0 unspecified atom stereocenters. The second-order valence-corrected chi connectivity index (χ2v) is 1.88. The van der Waals surface area contributed by atoms with Crippen LogP contribution in [0.1, 0.15) is 0 Å². The summed E-state index contributed by atoms with van der Waals surface area (Å²) in [5, 5.41) is 20.5. The van der Waals surface area contributed by atoms with Gasteiger partial charge in [-0.25, -0.2) is 4.79 Å². The minimum absolute atomic E-state index is 0.796. The first-order chi connectivity index (χ1) is 4.00. The third kappa shape index (κ3) is 100.0. The lowest BCUT2D eigenvalue weighted by Crippen LogP contribution is -1.80. The van der Waals surface area contributed by atoms with Crippen LogP contribution >= 0.6 is 24.0 Å². The second-order valence-electron chi connectivity index (χ2n) is 0.753. The van der Waals surface area contributed by atoms with Crippen LogP contribution in [0.2, 0.25) is 0 Å². The van der Waals surface area contributed by atoms with Crippen molar-refractivity contribution >= 4 is 34.5 Å². The molecule has 0 bridgehead atoms. The molecule has 0 radical (unpaired) electrons. The van der Waals surface area contributed by atoms with E-state index in [1.807, 2.05) is 0 Å². The monoisotopic (exact) mass is 170 g/mol. The average molecular weight is 170 g/mol. The van der Waals surface area contributed by atoms with Crippen LogP contribution in [0.3, 0.4) is 0 Å². The Morgan fingerprint density at radius 1 is 1.44 bits per heavy atom. The highest BCUT2D eigenvalue weighted by Crippen LogP contribution is 1.88. The molecule has 0 rings (SSSR count). The summed E-state index contributed by atoms with van der Waals surface area (Å²) in [5.41, 5.74) is 0. The molecule has 54 valence electrons. The first-order valence-electron chi connectivity index (χ1n) is 1.69. The predicted octanol–water partition coefficient (Wildman–Crippen LogP) is 1.41. The van der Waals surface area contributed by atoms with E-state index < -0.39 is 10.5 Å². The molecule has 0 aromatic heterocycles. The first-order valence-corrected chi connectivity index (χ1v) is 3.32. The summed E-state index contributed by atoms with van der Waals surface area (Å²) in [4.78, 5) is 9.33. The van der Waals surface area contributed by atoms with Gasteiger partial charge in [0.1, 0.15) is 0 Å². The number of carbonyl (C=O) groups is 1. The van der Waals surface area contributed by atoms with Crippen LogP contribution in [-0.2, 0) is 0 Å². The second kappa shape index (κ2) is 7.51. The van der Waals surface area contributed by atoms with Gasteiger partial charge >= 0.3 is 10.5 Å². The maximum absolute atomic E-state index is 9.33. The maximum Gasteiger partial charge on any atom is 0.364 e. The van der Waals surface area contributed by atoms with E-state index in [4.69, 9.17) is 15.3 Å². The molecular formula is C3H6O4S2. The van der Waals surface area contributed by atoms with Crippen LogP contribution in [0.25, 0.3) is 0 Å². The van der Waals surface area contributed by atoms with Gasteiger partial charge in [-0.1, -0.05) is 0 Å². The van der Waals surface area contributed by atoms with E-state index in [2.05, 4.69) is 12.2 Å². The topological polar surface area (TPSA) is 77.8 Å². The molecule has 0 saturated heterocycles. The van der Waals surface area contributed by atoms with Crippen LogP contribution in [0.15, 0.2) is 0 Å². The fourth-order valence-electron chi connectivity index (χ4n) is 0. The Morgan fingerprint density at radius 3 is 1.56 bits per heavy atom. The van der Waals surface area contributed by atoms with E-state index in [0.29, 0.717) is 0 Å². The summed E-state index contributed by atoms with van der Waals surface area (Å²) in [6.45, 7) is 0. The lowest BCUT2D eigenvalue weighted by Gasteiger charge is -1.71. The van der Waals surface area contributed by atoms with Gasteiger partial charge in [0.2, 0.25) is 0 Å². The minimum Gasteiger partial charge on any atom is -0.473 e. The molecule has 9 heavy (non-hydrogen) atoms. The van der Waals surface area contributed by atoms with E-state index in [-0.39, 0.29) is 0 Å². The Balaban J connectivity index is 0. The Morgan fingerprint density at radius 2 is 1.56 bits per heavy atom. The number of aliphatic hydroxyl groups excluding tert-OH is 1. The summed E-state index contributed by atoms with van der Waals surface area (Å²) in [5.74, 6) is 0. The molecule has 0 fully saturated rings. The molecule has 0 saturated carbocycles. The van der Waals surface area contributed by atoms with E-state index in [1.54, 1.807) is 0 Å². The van der Waals surface area contributed by atoms with Crippen LogP contribution in [-0.4, -0.2) is 32.1 Å². The van der Waals surface area contributed by atoms with Crippen molar-refractivity contribution in [3.05, 3.63) is 0 Å². The van der Waals surface area contributed by atoms with Crippen LogP contribution < -0.4 is 0 Å². The zero-order chi connectivity index (χ0) is 7.86. The van der Waals surface area contributed by atoms with Crippen LogP contribution in [0, 0.1) is 0 Å². The number of hydrogen-bond donors (Lipinski definition) is 3. The number of thiocarbonyl (C=S) groups is 1. The molecule has 0 aliphatic carbocycles. The van der Waals surface area contributed by atoms with Gasteiger partial charge in [-0.2, -0.15) is 0 Å². The van der Waals surface area contributed by atoms with Crippen molar-refractivity contribution in [2.45, 2.75) is 0 Å². The van der Waals surface area contributed by atoms with Gasteiger partial charge in [-0.3, -0.25) is 0 Å². The van der Waals surface area contributed by atoms with E-state index in [9.17, 15) is 4.79 Å². The van der Waals surface area contributed by atoms with Gasteiger partial charge < -0.3 is 15.3 Å². The van der Waals surface area contributed by atoms with Gasteiger partial charge in [0.15, 0.2) is 0 Å².